The highest BCUT2D eigenvalue weighted by molar-refractivity contribution is 6.30. The van der Waals surface area contributed by atoms with E-state index in [0.29, 0.717) is 17.4 Å². The van der Waals surface area contributed by atoms with Crippen LogP contribution >= 0.6 is 11.6 Å². The van der Waals surface area contributed by atoms with Gasteiger partial charge >= 0.3 is 0 Å². The highest BCUT2D eigenvalue weighted by Gasteiger charge is 2.20. The van der Waals surface area contributed by atoms with Gasteiger partial charge in [0.15, 0.2) is 0 Å². The molecule has 1 amide bonds. The standard InChI is InChI=1S/C22H25ClN6O/c1-16-3-6-19(7-4-16)29-21(13-17(2)26-29)25-22(30)15-27-9-11-28(12-10-27)20-8-5-18(23)14-24-20/h3-8,13-14H,9-12,15H2,1-2H3,(H,25,30). The monoisotopic (exact) mass is 424 g/mol. The summed E-state index contributed by atoms with van der Waals surface area (Å²) in [6.45, 7) is 7.56. The molecule has 3 aromatic rings. The van der Waals surface area contributed by atoms with Gasteiger partial charge in [0.05, 0.1) is 22.9 Å². The predicted molar refractivity (Wildman–Crippen MR) is 120 cm³/mol. The molecule has 2 aromatic heterocycles. The van der Waals surface area contributed by atoms with Crippen LogP contribution in [-0.4, -0.2) is 58.3 Å². The SMILES string of the molecule is Cc1ccc(-n2nc(C)cc2NC(=O)CN2CCN(c3ccc(Cl)cn3)CC2)cc1. The Kier molecular flexibility index (Phi) is 6.01. The molecule has 0 aliphatic carbocycles. The largest absolute Gasteiger partial charge is 0.354 e. The van der Waals surface area contributed by atoms with Crippen molar-refractivity contribution in [2.24, 2.45) is 0 Å². The smallest absolute Gasteiger partial charge is 0.239 e. The van der Waals surface area contributed by atoms with E-state index in [9.17, 15) is 4.79 Å². The molecule has 8 heteroatoms. The van der Waals surface area contributed by atoms with Gasteiger partial charge in [-0.2, -0.15) is 5.10 Å². The molecule has 3 heterocycles. The Morgan fingerprint density at radius 3 is 2.47 bits per heavy atom. The fourth-order valence-electron chi connectivity index (χ4n) is 3.55. The first-order valence-electron chi connectivity index (χ1n) is 10.0. The summed E-state index contributed by atoms with van der Waals surface area (Å²) in [6.07, 6.45) is 1.66. The number of carbonyl (C=O) groups is 1. The number of hydrogen-bond acceptors (Lipinski definition) is 5. The molecule has 1 aromatic carbocycles. The molecule has 1 saturated heterocycles. The number of pyridine rings is 1. The second kappa shape index (κ2) is 8.85. The van der Waals surface area contributed by atoms with Crippen LogP contribution in [0.4, 0.5) is 11.6 Å². The fourth-order valence-corrected chi connectivity index (χ4v) is 3.66. The molecule has 0 spiro atoms. The number of nitrogens with one attached hydrogen (secondary N) is 1. The van der Waals surface area contributed by atoms with Crippen molar-refractivity contribution in [3.05, 3.63) is 64.9 Å². The van der Waals surface area contributed by atoms with Crippen LogP contribution in [0.15, 0.2) is 48.7 Å². The number of piperazine rings is 1. The summed E-state index contributed by atoms with van der Waals surface area (Å²) in [6, 6.07) is 13.7. The summed E-state index contributed by atoms with van der Waals surface area (Å²) in [5.74, 6) is 1.56. The molecular weight excluding hydrogens is 400 g/mol. The van der Waals surface area contributed by atoms with Gasteiger partial charge in [-0.15, -0.1) is 0 Å². The minimum absolute atomic E-state index is 0.0404. The van der Waals surface area contributed by atoms with Gasteiger partial charge in [0, 0.05) is 38.4 Å². The molecule has 0 unspecified atom stereocenters. The van der Waals surface area contributed by atoms with Crippen LogP contribution in [0, 0.1) is 13.8 Å². The highest BCUT2D eigenvalue weighted by atomic mass is 35.5. The second-order valence-corrected chi connectivity index (χ2v) is 8.00. The minimum Gasteiger partial charge on any atom is -0.354 e. The maximum atomic E-state index is 12.7. The molecule has 1 aliphatic rings. The van der Waals surface area contributed by atoms with Gasteiger partial charge in [0.1, 0.15) is 11.6 Å². The first kappa shape index (κ1) is 20.4. The number of amides is 1. The molecule has 1 aliphatic heterocycles. The van der Waals surface area contributed by atoms with Crippen molar-refractivity contribution in [1.29, 1.82) is 0 Å². The lowest BCUT2D eigenvalue weighted by Gasteiger charge is -2.35. The molecule has 0 bridgehead atoms. The van der Waals surface area contributed by atoms with Gasteiger partial charge in [0.25, 0.3) is 0 Å². The molecule has 1 fully saturated rings. The van der Waals surface area contributed by atoms with E-state index in [-0.39, 0.29) is 5.91 Å². The summed E-state index contributed by atoms with van der Waals surface area (Å²) >= 11 is 5.92. The van der Waals surface area contributed by atoms with Gasteiger partial charge in [-0.1, -0.05) is 29.3 Å². The highest BCUT2D eigenvalue weighted by Crippen LogP contribution is 2.19. The quantitative estimate of drug-likeness (QED) is 0.680. The normalized spacial score (nSPS) is 14.7. The lowest BCUT2D eigenvalue weighted by molar-refractivity contribution is -0.117. The first-order chi connectivity index (χ1) is 14.5. The molecule has 1 N–H and O–H groups in total. The number of rotatable bonds is 5. The topological polar surface area (TPSA) is 66.3 Å². The molecule has 0 saturated carbocycles. The second-order valence-electron chi connectivity index (χ2n) is 7.56. The number of hydrogen-bond donors (Lipinski definition) is 1. The molecular formula is C22H25ClN6O. The van der Waals surface area contributed by atoms with Crippen molar-refractivity contribution < 1.29 is 4.79 Å². The van der Waals surface area contributed by atoms with E-state index < -0.39 is 0 Å². The van der Waals surface area contributed by atoms with Gasteiger partial charge in [-0.05, 0) is 38.1 Å². The Hall–Kier alpha value is -2.90. The third kappa shape index (κ3) is 4.80. The lowest BCUT2D eigenvalue weighted by Crippen LogP contribution is -2.49. The Morgan fingerprint density at radius 2 is 1.80 bits per heavy atom. The molecule has 156 valence electrons. The zero-order valence-corrected chi connectivity index (χ0v) is 17.9. The summed E-state index contributed by atoms with van der Waals surface area (Å²) in [7, 11) is 0. The van der Waals surface area contributed by atoms with E-state index >= 15 is 0 Å². The van der Waals surface area contributed by atoms with E-state index in [1.807, 2.05) is 56.3 Å². The zero-order chi connectivity index (χ0) is 21.1. The van der Waals surface area contributed by atoms with Crippen LogP contribution in [0.5, 0.6) is 0 Å². The van der Waals surface area contributed by atoms with Crippen molar-refractivity contribution in [2.75, 3.05) is 42.9 Å². The maximum absolute atomic E-state index is 12.7. The van der Waals surface area contributed by atoms with Crippen molar-refractivity contribution in [2.45, 2.75) is 13.8 Å². The Labute approximate surface area is 181 Å². The van der Waals surface area contributed by atoms with E-state index in [0.717, 1.165) is 43.4 Å². The van der Waals surface area contributed by atoms with E-state index in [2.05, 4.69) is 25.2 Å². The van der Waals surface area contributed by atoms with Gasteiger partial charge in [-0.25, -0.2) is 9.67 Å². The molecule has 30 heavy (non-hydrogen) atoms. The maximum Gasteiger partial charge on any atom is 0.239 e. The van der Waals surface area contributed by atoms with Crippen molar-refractivity contribution >= 4 is 29.1 Å². The van der Waals surface area contributed by atoms with Crippen LogP contribution < -0.4 is 10.2 Å². The Bertz CT molecular complexity index is 1010. The van der Waals surface area contributed by atoms with Crippen LogP contribution in [0.2, 0.25) is 5.02 Å². The lowest BCUT2D eigenvalue weighted by atomic mass is 10.2. The van der Waals surface area contributed by atoms with Gasteiger partial charge in [-0.3, -0.25) is 9.69 Å². The van der Waals surface area contributed by atoms with E-state index in [1.54, 1.807) is 10.9 Å². The first-order valence-corrected chi connectivity index (χ1v) is 10.4. The third-order valence-corrected chi connectivity index (χ3v) is 5.38. The summed E-state index contributed by atoms with van der Waals surface area (Å²) in [5.41, 5.74) is 2.96. The molecule has 4 rings (SSSR count). The number of nitrogens with zero attached hydrogens (tertiary/aromatic N) is 5. The molecule has 0 atom stereocenters. The zero-order valence-electron chi connectivity index (χ0n) is 17.2. The number of anilines is 2. The van der Waals surface area contributed by atoms with Crippen LogP contribution in [-0.2, 0) is 4.79 Å². The van der Waals surface area contributed by atoms with Gasteiger partial charge in [0.2, 0.25) is 5.91 Å². The Morgan fingerprint density at radius 1 is 1.07 bits per heavy atom. The number of carbonyl (C=O) groups excluding carboxylic acids is 1. The molecule has 7 nitrogen and oxygen atoms in total. The number of aryl methyl sites for hydroxylation is 2. The van der Waals surface area contributed by atoms with E-state index in [4.69, 9.17) is 11.6 Å². The minimum atomic E-state index is -0.0404. The summed E-state index contributed by atoms with van der Waals surface area (Å²) < 4.78 is 1.77. The van der Waals surface area contributed by atoms with E-state index in [1.165, 1.54) is 5.56 Å². The van der Waals surface area contributed by atoms with Crippen LogP contribution in [0.1, 0.15) is 11.3 Å². The number of aromatic nitrogens is 3. The Balaban J connectivity index is 1.35. The van der Waals surface area contributed by atoms with Crippen LogP contribution in [0.25, 0.3) is 5.69 Å². The average Bonchev–Trinajstić information content (AvgIpc) is 3.09. The molecule has 0 radical (unpaired) electrons. The predicted octanol–water partition coefficient (Wildman–Crippen LogP) is 3.30. The summed E-state index contributed by atoms with van der Waals surface area (Å²) in [5, 5.41) is 8.18. The number of halogens is 1. The van der Waals surface area contributed by atoms with Crippen molar-refractivity contribution in [3.8, 4) is 5.69 Å². The van der Waals surface area contributed by atoms with Crippen molar-refractivity contribution in [1.82, 2.24) is 19.7 Å². The number of benzene rings is 1. The average molecular weight is 425 g/mol. The van der Waals surface area contributed by atoms with Gasteiger partial charge < -0.3 is 10.2 Å². The third-order valence-electron chi connectivity index (χ3n) is 5.15. The summed E-state index contributed by atoms with van der Waals surface area (Å²) in [4.78, 5) is 21.4. The van der Waals surface area contributed by atoms with Crippen LogP contribution in [0.3, 0.4) is 0 Å². The van der Waals surface area contributed by atoms with Crippen molar-refractivity contribution in [3.63, 3.8) is 0 Å². The fraction of sp³-hybridized carbons (Fsp3) is 0.318.